The summed E-state index contributed by atoms with van der Waals surface area (Å²) in [6.45, 7) is -0.0502. The summed E-state index contributed by atoms with van der Waals surface area (Å²) >= 11 is 0. The topological polar surface area (TPSA) is 106 Å². The van der Waals surface area contributed by atoms with E-state index in [0.29, 0.717) is 23.2 Å². The number of hydrogen-bond acceptors (Lipinski definition) is 7. The predicted octanol–water partition coefficient (Wildman–Crippen LogP) is 4.41. The largest absolute Gasteiger partial charge is 0.391 e. The van der Waals surface area contributed by atoms with Crippen molar-refractivity contribution >= 4 is 29.7 Å². The van der Waals surface area contributed by atoms with Gasteiger partial charge < -0.3 is 19.6 Å². The van der Waals surface area contributed by atoms with Gasteiger partial charge in [0.2, 0.25) is 11.5 Å². The molecule has 1 aliphatic rings. The number of nitrogens with zero attached hydrogens (tertiary/aromatic N) is 3. The van der Waals surface area contributed by atoms with Crippen LogP contribution >= 0.6 is 12.4 Å². The van der Waals surface area contributed by atoms with Gasteiger partial charge in [0.25, 0.3) is 0 Å². The molecule has 9 heteroatoms. The SMILES string of the molecule is COCOC(C#N)(c1ccccc1)c1ccc(NC(=O)CC2CC(c3cccnc3)=NO2)cc1.Cl. The fourth-order valence-corrected chi connectivity index (χ4v) is 3.76. The van der Waals surface area contributed by atoms with Gasteiger partial charge in [0.1, 0.15) is 19.0 Å². The highest BCUT2D eigenvalue weighted by Crippen LogP contribution is 2.34. The van der Waals surface area contributed by atoms with Crippen LogP contribution in [0.4, 0.5) is 5.69 Å². The molecule has 0 spiro atoms. The summed E-state index contributed by atoms with van der Waals surface area (Å²) < 4.78 is 10.9. The van der Waals surface area contributed by atoms with E-state index in [2.05, 4.69) is 21.5 Å². The molecule has 0 fully saturated rings. The number of ether oxygens (including phenoxy) is 2. The Balaban J connectivity index is 0.00000342. The number of carbonyl (C=O) groups is 1. The number of aromatic nitrogens is 1. The second-order valence-corrected chi connectivity index (χ2v) is 7.75. The summed E-state index contributed by atoms with van der Waals surface area (Å²) in [5.74, 6) is -0.189. The maximum absolute atomic E-state index is 12.6. The van der Waals surface area contributed by atoms with Crippen LogP contribution in [0.5, 0.6) is 0 Å². The lowest BCUT2D eigenvalue weighted by molar-refractivity contribution is -0.118. The fourth-order valence-electron chi connectivity index (χ4n) is 3.76. The van der Waals surface area contributed by atoms with Crippen LogP contribution in [0.1, 0.15) is 29.5 Å². The average Bonchev–Trinajstić information content (AvgIpc) is 3.35. The van der Waals surface area contributed by atoms with Crippen molar-refractivity contribution in [1.82, 2.24) is 4.98 Å². The zero-order valence-electron chi connectivity index (χ0n) is 19.1. The number of pyridine rings is 1. The lowest BCUT2D eigenvalue weighted by Gasteiger charge is -2.27. The second-order valence-electron chi connectivity index (χ2n) is 7.75. The number of halogens is 1. The number of anilines is 1. The molecule has 1 amide bonds. The van der Waals surface area contributed by atoms with Gasteiger partial charge in [-0.05, 0) is 24.3 Å². The number of rotatable bonds is 9. The van der Waals surface area contributed by atoms with Crippen molar-refractivity contribution in [3.05, 3.63) is 95.8 Å². The highest BCUT2D eigenvalue weighted by molar-refractivity contribution is 6.01. The first-order chi connectivity index (χ1) is 16.6. The Hall–Kier alpha value is -3.77. The van der Waals surface area contributed by atoms with E-state index in [4.69, 9.17) is 14.3 Å². The van der Waals surface area contributed by atoms with Crippen molar-refractivity contribution < 1.29 is 19.1 Å². The number of methoxy groups -OCH3 is 1. The van der Waals surface area contributed by atoms with Crippen LogP contribution in [-0.4, -0.2) is 36.6 Å². The Morgan fingerprint density at radius 1 is 1.14 bits per heavy atom. The molecule has 4 rings (SSSR count). The minimum atomic E-state index is -1.34. The average molecular weight is 493 g/mol. The van der Waals surface area contributed by atoms with E-state index in [-0.39, 0.29) is 37.6 Å². The van der Waals surface area contributed by atoms with Gasteiger partial charge in [0, 0.05) is 48.3 Å². The van der Waals surface area contributed by atoms with Crippen molar-refractivity contribution in [3.8, 4) is 6.07 Å². The zero-order chi connectivity index (χ0) is 23.8. The van der Waals surface area contributed by atoms with Crippen molar-refractivity contribution in [2.45, 2.75) is 24.5 Å². The third-order valence-electron chi connectivity index (χ3n) is 5.45. The standard InChI is InChI=1S/C26H24N4O4.ClH/c1-32-18-33-26(17-27,20-7-3-2-4-8-20)21-9-11-22(12-10-21)29-25(31)15-23-14-24(30-34-23)19-6-5-13-28-16-19;/h2-13,16,23H,14-15,18H2,1H3,(H,29,31);1H. The number of hydrogen-bond donors (Lipinski definition) is 1. The van der Waals surface area contributed by atoms with Gasteiger partial charge in [-0.2, -0.15) is 5.26 Å². The molecule has 2 unspecified atom stereocenters. The molecule has 180 valence electrons. The third-order valence-corrected chi connectivity index (χ3v) is 5.45. The van der Waals surface area contributed by atoms with Crippen LogP contribution in [0.25, 0.3) is 0 Å². The lowest BCUT2D eigenvalue weighted by atomic mass is 9.87. The van der Waals surface area contributed by atoms with Crippen LogP contribution in [-0.2, 0) is 24.7 Å². The Morgan fingerprint density at radius 2 is 1.89 bits per heavy atom. The van der Waals surface area contributed by atoms with Gasteiger partial charge in [-0.3, -0.25) is 9.78 Å². The van der Waals surface area contributed by atoms with Gasteiger partial charge in [0.05, 0.1) is 12.1 Å². The first-order valence-corrected chi connectivity index (χ1v) is 10.8. The van der Waals surface area contributed by atoms with Gasteiger partial charge in [0.15, 0.2) is 0 Å². The number of oxime groups is 1. The summed E-state index contributed by atoms with van der Waals surface area (Å²) in [6, 6.07) is 22.3. The van der Waals surface area contributed by atoms with E-state index in [9.17, 15) is 10.1 Å². The molecule has 0 radical (unpaired) electrons. The van der Waals surface area contributed by atoms with Gasteiger partial charge in [-0.25, -0.2) is 0 Å². The number of carbonyl (C=O) groups excluding carboxylic acids is 1. The van der Waals surface area contributed by atoms with E-state index < -0.39 is 5.60 Å². The van der Waals surface area contributed by atoms with E-state index in [1.807, 2.05) is 42.5 Å². The molecule has 1 N–H and O–H groups in total. The Kier molecular flexibility index (Phi) is 8.92. The Morgan fingerprint density at radius 3 is 2.54 bits per heavy atom. The molecule has 0 bridgehead atoms. The Labute approximate surface area is 209 Å². The van der Waals surface area contributed by atoms with E-state index >= 15 is 0 Å². The second kappa shape index (κ2) is 12.1. The number of benzene rings is 2. The van der Waals surface area contributed by atoms with Crippen LogP contribution in [0.2, 0.25) is 0 Å². The maximum Gasteiger partial charge on any atom is 0.228 e. The molecule has 0 aliphatic carbocycles. The molecular weight excluding hydrogens is 468 g/mol. The van der Waals surface area contributed by atoms with Gasteiger partial charge in [-0.15, -0.1) is 12.4 Å². The zero-order valence-corrected chi connectivity index (χ0v) is 19.9. The number of nitrogens with one attached hydrogen (secondary N) is 1. The first kappa shape index (κ1) is 25.8. The van der Waals surface area contributed by atoms with Gasteiger partial charge >= 0.3 is 0 Å². The molecular formula is C26H25ClN4O4. The Bertz CT molecular complexity index is 1180. The molecule has 1 aliphatic heterocycles. The van der Waals surface area contributed by atoms with E-state index in [1.165, 1.54) is 7.11 Å². The quantitative estimate of drug-likeness (QED) is 0.443. The summed E-state index contributed by atoms with van der Waals surface area (Å²) in [7, 11) is 1.50. The highest BCUT2D eigenvalue weighted by Gasteiger charge is 2.36. The molecule has 8 nitrogen and oxygen atoms in total. The smallest absolute Gasteiger partial charge is 0.228 e. The molecule has 0 saturated carbocycles. The molecule has 35 heavy (non-hydrogen) atoms. The van der Waals surface area contributed by atoms with Crippen LogP contribution in [0, 0.1) is 11.3 Å². The molecule has 3 aromatic rings. The lowest BCUT2D eigenvalue weighted by Crippen LogP contribution is -2.30. The highest BCUT2D eigenvalue weighted by atomic mass is 35.5. The minimum absolute atomic E-state index is 0. The fraction of sp³-hybridized carbons (Fsp3) is 0.231. The van der Waals surface area contributed by atoms with E-state index in [1.54, 1.807) is 36.7 Å². The monoisotopic (exact) mass is 492 g/mol. The number of nitriles is 1. The normalized spacial score (nSPS) is 16.1. The first-order valence-electron chi connectivity index (χ1n) is 10.8. The summed E-state index contributed by atoms with van der Waals surface area (Å²) in [6.07, 6.45) is 3.79. The van der Waals surface area contributed by atoms with Crippen molar-refractivity contribution in [1.29, 1.82) is 5.26 Å². The summed E-state index contributed by atoms with van der Waals surface area (Å²) in [5, 5.41) is 17.0. The number of amides is 1. The van der Waals surface area contributed by atoms with Crippen LogP contribution < -0.4 is 5.32 Å². The van der Waals surface area contributed by atoms with Crippen LogP contribution in [0.3, 0.4) is 0 Å². The molecule has 2 atom stereocenters. The molecule has 2 aromatic carbocycles. The van der Waals surface area contributed by atoms with Gasteiger partial charge in [-0.1, -0.05) is 47.6 Å². The van der Waals surface area contributed by atoms with Crippen molar-refractivity contribution in [3.63, 3.8) is 0 Å². The third kappa shape index (κ3) is 6.03. The minimum Gasteiger partial charge on any atom is -0.391 e. The molecule has 2 heterocycles. The van der Waals surface area contributed by atoms with Crippen molar-refractivity contribution in [2.75, 3.05) is 19.2 Å². The summed E-state index contributed by atoms with van der Waals surface area (Å²) in [4.78, 5) is 22.1. The maximum atomic E-state index is 12.6. The van der Waals surface area contributed by atoms with Crippen LogP contribution in [0.15, 0.2) is 84.3 Å². The summed E-state index contributed by atoms with van der Waals surface area (Å²) in [5.41, 5.74) is 2.25. The predicted molar refractivity (Wildman–Crippen MR) is 133 cm³/mol. The van der Waals surface area contributed by atoms with Crippen molar-refractivity contribution in [2.24, 2.45) is 5.16 Å². The molecule has 1 aromatic heterocycles. The molecule has 0 saturated heterocycles. The van der Waals surface area contributed by atoms with E-state index in [0.717, 1.165) is 11.3 Å².